The molecular weight excluding hydrogens is 176 g/mol. The van der Waals surface area contributed by atoms with Gasteiger partial charge in [-0.2, -0.15) is 0 Å². The van der Waals surface area contributed by atoms with Crippen molar-refractivity contribution in [2.24, 2.45) is 0 Å². The molecule has 0 saturated carbocycles. The second-order valence-corrected chi connectivity index (χ2v) is 3.60. The topological polar surface area (TPSA) is 26.3 Å². The van der Waals surface area contributed by atoms with Gasteiger partial charge in [-0.15, -0.1) is 0 Å². The standard InChI is InChI=1S/C12H22O2/c1-4-6-7-8-10-11(3)14-12(13)9-5-2/h5,9,11H,4,6-8,10H2,1-3H3/b9-5+. The molecule has 0 amide bonds. The first-order valence-corrected chi connectivity index (χ1v) is 5.54. The molecule has 0 aromatic heterocycles. The summed E-state index contributed by atoms with van der Waals surface area (Å²) in [7, 11) is 0. The van der Waals surface area contributed by atoms with Crippen LogP contribution in [0.25, 0.3) is 0 Å². The Hall–Kier alpha value is -0.790. The average Bonchev–Trinajstić information content (AvgIpc) is 2.13. The summed E-state index contributed by atoms with van der Waals surface area (Å²) in [4.78, 5) is 11.0. The number of hydrogen-bond donors (Lipinski definition) is 0. The van der Waals surface area contributed by atoms with Crippen LogP contribution in [0.2, 0.25) is 0 Å². The molecule has 0 aromatic carbocycles. The molecule has 0 aromatic rings. The van der Waals surface area contributed by atoms with E-state index in [4.69, 9.17) is 4.74 Å². The Morgan fingerprint density at radius 3 is 2.64 bits per heavy atom. The molecule has 14 heavy (non-hydrogen) atoms. The van der Waals surface area contributed by atoms with Gasteiger partial charge in [0.1, 0.15) is 0 Å². The van der Waals surface area contributed by atoms with Gasteiger partial charge >= 0.3 is 5.97 Å². The summed E-state index contributed by atoms with van der Waals surface area (Å²) in [5.74, 6) is -0.226. The summed E-state index contributed by atoms with van der Waals surface area (Å²) in [6.07, 6.45) is 9.09. The van der Waals surface area contributed by atoms with Gasteiger partial charge in [0.25, 0.3) is 0 Å². The van der Waals surface area contributed by atoms with E-state index in [0.717, 1.165) is 12.8 Å². The summed E-state index contributed by atoms with van der Waals surface area (Å²) in [6.45, 7) is 5.95. The van der Waals surface area contributed by atoms with Gasteiger partial charge in [0.15, 0.2) is 0 Å². The first-order valence-electron chi connectivity index (χ1n) is 5.54. The van der Waals surface area contributed by atoms with Gasteiger partial charge in [0, 0.05) is 6.08 Å². The molecule has 2 nitrogen and oxygen atoms in total. The number of carbonyl (C=O) groups excluding carboxylic acids is 1. The van der Waals surface area contributed by atoms with E-state index in [9.17, 15) is 4.79 Å². The minimum atomic E-state index is -0.226. The Bertz CT molecular complexity index is 173. The molecule has 0 spiro atoms. The highest BCUT2D eigenvalue weighted by atomic mass is 16.5. The molecule has 0 bridgehead atoms. The van der Waals surface area contributed by atoms with E-state index >= 15 is 0 Å². The SMILES string of the molecule is C/C=C/C(=O)OC(C)CCCCCC. The van der Waals surface area contributed by atoms with Crippen LogP contribution in [0.5, 0.6) is 0 Å². The van der Waals surface area contributed by atoms with Crippen molar-refractivity contribution in [1.82, 2.24) is 0 Å². The predicted molar refractivity (Wildman–Crippen MR) is 59.1 cm³/mol. The molecule has 0 aliphatic heterocycles. The van der Waals surface area contributed by atoms with Crippen LogP contribution in [0.1, 0.15) is 52.9 Å². The zero-order valence-corrected chi connectivity index (χ0v) is 9.58. The molecule has 2 heteroatoms. The lowest BCUT2D eigenvalue weighted by Crippen LogP contribution is -2.12. The Balaban J connectivity index is 3.44. The highest BCUT2D eigenvalue weighted by Crippen LogP contribution is 2.08. The van der Waals surface area contributed by atoms with Crippen molar-refractivity contribution in [2.75, 3.05) is 0 Å². The maximum absolute atomic E-state index is 11.0. The molecule has 0 N–H and O–H groups in total. The van der Waals surface area contributed by atoms with Crippen molar-refractivity contribution in [3.8, 4) is 0 Å². The molecule has 0 aliphatic rings. The van der Waals surface area contributed by atoms with E-state index in [2.05, 4.69) is 6.92 Å². The van der Waals surface area contributed by atoms with E-state index in [0.29, 0.717) is 0 Å². The van der Waals surface area contributed by atoms with E-state index in [1.165, 1.54) is 25.3 Å². The highest BCUT2D eigenvalue weighted by Gasteiger charge is 2.05. The number of allylic oxidation sites excluding steroid dienone is 1. The molecule has 1 unspecified atom stereocenters. The number of unbranched alkanes of at least 4 members (excludes halogenated alkanes) is 3. The molecule has 0 saturated heterocycles. The Morgan fingerprint density at radius 2 is 2.07 bits per heavy atom. The molecule has 82 valence electrons. The van der Waals surface area contributed by atoms with Gasteiger partial charge in [0.2, 0.25) is 0 Å². The summed E-state index contributed by atoms with van der Waals surface area (Å²) in [6, 6.07) is 0. The van der Waals surface area contributed by atoms with E-state index in [1.807, 2.05) is 13.8 Å². The van der Waals surface area contributed by atoms with Crippen molar-refractivity contribution < 1.29 is 9.53 Å². The summed E-state index contributed by atoms with van der Waals surface area (Å²) in [5.41, 5.74) is 0. The fourth-order valence-corrected chi connectivity index (χ4v) is 1.29. The van der Waals surface area contributed by atoms with Crippen LogP contribution in [-0.2, 0) is 9.53 Å². The van der Waals surface area contributed by atoms with Crippen LogP contribution in [-0.4, -0.2) is 12.1 Å². The monoisotopic (exact) mass is 198 g/mol. The fourth-order valence-electron chi connectivity index (χ4n) is 1.29. The van der Waals surface area contributed by atoms with Crippen LogP contribution < -0.4 is 0 Å². The lowest BCUT2D eigenvalue weighted by Gasteiger charge is -2.11. The molecular formula is C12H22O2. The first kappa shape index (κ1) is 13.2. The van der Waals surface area contributed by atoms with Gasteiger partial charge in [-0.3, -0.25) is 0 Å². The summed E-state index contributed by atoms with van der Waals surface area (Å²) in [5, 5.41) is 0. The fraction of sp³-hybridized carbons (Fsp3) is 0.750. The molecule has 0 radical (unpaired) electrons. The highest BCUT2D eigenvalue weighted by molar-refractivity contribution is 5.81. The van der Waals surface area contributed by atoms with Gasteiger partial charge in [0.05, 0.1) is 6.10 Å². The van der Waals surface area contributed by atoms with Crippen LogP contribution in [0, 0.1) is 0 Å². The van der Waals surface area contributed by atoms with Crippen molar-refractivity contribution in [3.05, 3.63) is 12.2 Å². The lowest BCUT2D eigenvalue weighted by atomic mass is 10.1. The molecule has 0 aliphatic carbocycles. The van der Waals surface area contributed by atoms with Crippen molar-refractivity contribution >= 4 is 5.97 Å². The van der Waals surface area contributed by atoms with Crippen LogP contribution in [0.4, 0.5) is 0 Å². The summed E-state index contributed by atoms with van der Waals surface area (Å²) < 4.78 is 5.15. The Kier molecular flexibility index (Phi) is 8.30. The normalized spacial score (nSPS) is 13.1. The third kappa shape index (κ3) is 7.84. The van der Waals surface area contributed by atoms with Gasteiger partial charge < -0.3 is 4.74 Å². The Labute approximate surface area is 87.3 Å². The number of rotatable bonds is 7. The molecule has 0 fully saturated rings. The summed E-state index contributed by atoms with van der Waals surface area (Å²) >= 11 is 0. The smallest absolute Gasteiger partial charge is 0.330 e. The largest absolute Gasteiger partial charge is 0.460 e. The predicted octanol–water partition coefficient (Wildman–Crippen LogP) is 3.46. The van der Waals surface area contributed by atoms with E-state index < -0.39 is 0 Å². The van der Waals surface area contributed by atoms with Crippen molar-refractivity contribution in [1.29, 1.82) is 0 Å². The van der Waals surface area contributed by atoms with Gasteiger partial charge in [-0.05, 0) is 26.7 Å². The second kappa shape index (κ2) is 8.79. The minimum Gasteiger partial charge on any atom is -0.460 e. The molecule has 0 heterocycles. The Morgan fingerprint density at radius 1 is 1.36 bits per heavy atom. The zero-order chi connectivity index (χ0) is 10.8. The first-order chi connectivity index (χ1) is 6.70. The maximum Gasteiger partial charge on any atom is 0.330 e. The second-order valence-electron chi connectivity index (χ2n) is 3.60. The van der Waals surface area contributed by atoms with Gasteiger partial charge in [-0.1, -0.05) is 32.3 Å². The van der Waals surface area contributed by atoms with E-state index in [-0.39, 0.29) is 12.1 Å². The maximum atomic E-state index is 11.0. The van der Waals surface area contributed by atoms with Crippen LogP contribution in [0.3, 0.4) is 0 Å². The molecule has 0 rings (SSSR count). The van der Waals surface area contributed by atoms with E-state index in [1.54, 1.807) is 6.08 Å². The van der Waals surface area contributed by atoms with Crippen molar-refractivity contribution in [2.45, 2.75) is 59.0 Å². The van der Waals surface area contributed by atoms with Crippen LogP contribution in [0.15, 0.2) is 12.2 Å². The number of ether oxygens (including phenoxy) is 1. The zero-order valence-electron chi connectivity index (χ0n) is 9.58. The molecule has 1 atom stereocenters. The lowest BCUT2D eigenvalue weighted by molar-refractivity contribution is -0.142. The van der Waals surface area contributed by atoms with Crippen LogP contribution >= 0.6 is 0 Å². The number of esters is 1. The minimum absolute atomic E-state index is 0.0514. The average molecular weight is 198 g/mol. The third-order valence-corrected chi connectivity index (χ3v) is 2.08. The number of carbonyl (C=O) groups is 1. The van der Waals surface area contributed by atoms with Crippen molar-refractivity contribution in [3.63, 3.8) is 0 Å². The third-order valence-electron chi connectivity index (χ3n) is 2.08. The van der Waals surface area contributed by atoms with Gasteiger partial charge in [-0.25, -0.2) is 4.79 Å². The number of hydrogen-bond acceptors (Lipinski definition) is 2. The quantitative estimate of drug-likeness (QED) is 0.356.